The fourth-order valence-electron chi connectivity index (χ4n) is 3.27. The highest BCUT2D eigenvalue weighted by atomic mass is 32.1. The Morgan fingerprint density at radius 3 is 2.96 bits per heavy atom. The molecule has 0 radical (unpaired) electrons. The lowest BCUT2D eigenvalue weighted by Gasteiger charge is -2.29. The van der Waals surface area contributed by atoms with Crippen molar-refractivity contribution >= 4 is 54.5 Å². The molecule has 0 atom stereocenters. The van der Waals surface area contributed by atoms with Gasteiger partial charge in [-0.05, 0) is 48.7 Å². The Balaban J connectivity index is 1.46. The van der Waals surface area contributed by atoms with Crippen molar-refractivity contribution in [2.75, 3.05) is 16.8 Å². The van der Waals surface area contributed by atoms with E-state index in [9.17, 15) is 0 Å². The first-order valence-electron chi connectivity index (χ1n) is 8.29. The van der Waals surface area contributed by atoms with Gasteiger partial charge < -0.3 is 10.2 Å². The fraction of sp³-hybridized carbons (Fsp3) is 0.158. The van der Waals surface area contributed by atoms with E-state index in [1.54, 1.807) is 22.7 Å². The number of anilines is 4. The lowest BCUT2D eigenvalue weighted by atomic mass is 10.0. The molecule has 2 aromatic carbocycles. The summed E-state index contributed by atoms with van der Waals surface area (Å²) in [4.78, 5) is 11.5. The van der Waals surface area contributed by atoms with Crippen molar-refractivity contribution in [3.8, 4) is 0 Å². The maximum Gasteiger partial charge on any atom is 0.189 e. The molecule has 0 saturated heterocycles. The molecule has 0 amide bonds. The van der Waals surface area contributed by atoms with Gasteiger partial charge in [0, 0.05) is 29.5 Å². The van der Waals surface area contributed by atoms with Crippen LogP contribution >= 0.6 is 22.7 Å². The summed E-state index contributed by atoms with van der Waals surface area (Å²) < 4.78 is 1.21. The lowest BCUT2D eigenvalue weighted by molar-refractivity contribution is 0.765. The van der Waals surface area contributed by atoms with Crippen LogP contribution in [0.25, 0.3) is 10.2 Å². The summed E-state index contributed by atoms with van der Waals surface area (Å²) in [6.45, 7) is 1.03. The number of aryl methyl sites for hydroxylation is 1. The van der Waals surface area contributed by atoms with Gasteiger partial charge in [0.2, 0.25) is 0 Å². The van der Waals surface area contributed by atoms with Crippen LogP contribution in [0, 0.1) is 0 Å². The molecule has 5 rings (SSSR count). The largest absolute Gasteiger partial charge is 0.332 e. The number of nitrogens with one attached hydrogen (secondary N) is 1. The minimum atomic E-state index is 0.939. The summed E-state index contributed by atoms with van der Waals surface area (Å²) in [6.07, 6.45) is 4.13. The average Bonchev–Trinajstić information content (AvgIpc) is 3.30. The highest BCUT2D eigenvalue weighted by Crippen LogP contribution is 2.37. The van der Waals surface area contributed by atoms with E-state index in [4.69, 9.17) is 0 Å². The third kappa shape index (κ3) is 2.77. The van der Waals surface area contributed by atoms with Crippen molar-refractivity contribution in [2.24, 2.45) is 0 Å². The molecule has 0 aliphatic carbocycles. The first-order chi connectivity index (χ1) is 12.4. The minimum Gasteiger partial charge on any atom is -0.332 e. The SMILES string of the molecule is c1ccc2sc(Nc3ccc4c(c3)CCCN4c3nccs3)nc2c1. The predicted octanol–water partition coefficient (Wildman–Crippen LogP) is 5.58. The molecule has 124 valence electrons. The number of para-hydroxylation sites is 1. The van der Waals surface area contributed by atoms with Gasteiger partial charge in [0.15, 0.2) is 10.3 Å². The maximum absolute atomic E-state index is 4.66. The first kappa shape index (κ1) is 14.9. The van der Waals surface area contributed by atoms with Gasteiger partial charge in [-0.1, -0.05) is 23.5 Å². The predicted molar refractivity (Wildman–Crippen MR) is 107 cm³/mol. The summed E-state index contributed by atoms with van der Waals surface area (Å²) >= 11 is 3.38. The van der Waals surface area contributed by atoms with E-state index >= 15 is 0 Å². The van der Waals surface area contributed by atoms with Crippen LogP contribution in [-0.4, -0.2) is 16.5 Å². The van der Waals surface area contributed by atoms with Crippen LogP contribution in [0.1, 0.15) is 12.0 Å². The van der Waals surface area contributed by atoms with Crippen LogP contribution in [0.4, 0.5) is 21.6 Å². The second kappa shape index (κ2) is 6.13. The van der Waals surface area contributed by atoms with Crippen LogP contribution in [0.15, 0.2) is 54.0 Å². The quantitative estimate of drug-likeness (QED) is 0.515. The average molecular weight is 364 g/mol. The maximum atomic E-state index is 4.66. The summed E-state index contributed by atoms with van der Waals surface area (Å²) in [6, 6.07) is 14.8. The second-order valence-electron chi connectivity index (χ2n) is 6.03. The van der Waals surface area contributed by atoms with Gasteiger partial charge in [-0.15, -0.1) is 11.3 Å². The van der Waals surface area contributed by atoms with Crippen LogP contribution in [0.2, 0.25) is 0 Å². The normalized spacial score (nSPS) is 13.8. The van der Waals surface area contributed by atoms with Crippen LogP contribution in [-0.2, 0) is 6.42 Å². The Hall–Kier alpha value is -2.44. The number of hydrogen-bond acceptors (Lipinski definition) is 6. The number of rotatable bonds is 3. The molecule has 0 bridgehead atoms. The molecule has 4 aromatic rings. The highest BCUT2D eigenvalue weighted by molar-refractivity contribution is 7.22. The summed E-state index contributed by atoms with van der Waals surface area (Å²) in [5.41, 5.74) is 4.78. The van der Waals surface area contributed by atoms with E-state index in [0.717, 1.165) is 40.9 Å². The number of thiazole rings is 2. The molecule has 1 aliphatic heterocycles. The van der Waals surface area contributed by atoms with Crippen LogP contribution in [0.3, 0.4) is 0 Å². The number of benzene rings is 2. The molecule has 0 spiro atoms. The van der Waals surface area contributed by atoms with Gasteiger partial charge in [-0.25, -0.2) is 9.97 Å². The first-order valence-corrected chi connectivity index (χ1v) is 9.99. The molecule has 1 aliphatic rings. The summed E-state index contributed by atoms with van der Waals surface area (Å²) in [7, 11) is 0. The van der Waals surface area contributed by atoms with Gasteiger partial charge in [0.25, 0.3) is 0 Å². The fourth-order valence-corrected chi connectivity index (χ4v) is 4.84. The second-order valence-corrected chi connectivity index (χ2v) is 7.93. The molecule has 6 heteroatoms. The molecule has 3 heterocycles. The Kier molecular flexibility index (Phi) is 3.64. The van der Waals surface area contributed by atoms with Crippen molar-refractivity contribution in [3.05, 3.63) is 59.6 Å². The molecular formula is C19H16N4S2. The minimum absolute atomic E-state index is 0.939. The summed E-state index contributed by atoms with van der Waals surface area (Å²) in [5.74, 6) is 0. The molecule has 0 fully saturated rings. The van der Waals surface area contributed by atoms with Gasteiger partial charge in [-0.2, -0.15) is 0 Å². The molecule has 1 N–H and O–H groups in total. The lowest BCUT2D eigenvalue weighted by Crippen LogP contribution is -2.24. The van der Waals surface area contributed by atoms with E-state index in [1.165, 1.54) is 16.0 Å². The van der Waals surface area contributed by atoms with Crippen molar-refractivity contribution in [1.29, 1.82) is 0 Å². The zero-order valence-electron chi connectivity index (χ0n) is 13.5. The van der Waals surface area contributed by atoms with E-state index in [2.05, 4.69) is 56.6 Å². The third-order valence-electron chi connectivity index (χ3n) is 4.39. The molecular weight excluding hydrogens is 348 g/mol. The number of hydrogen-bond donors (Lipinski definition) is 1. The van der Waals surface area contributed by atoms with Gasteiger partial charge >= 0.3 is 0 Å². The molecule has 2 aromatic heterocycles. The Bertz CT molecular complexity index is 990. The van der Waals surface area contributed by atoms with Crippen LogP contribution < -0.4 is 10.2 Å². The van der Waals surface area contributed by atoms with Crippen molar-refractivity contribution < 1.29 is 0 Å². The van der Waals surface area contributed by atoms with Crippen molar-refractivity contribution in [3.63, 3.8) is 0 Å². The Morgan fingerprint density at radius 1 is 1.12 bits per heavy atom. The molecule has 0 saturated carbocycles. The Morgan fingerprint density at radius 2 is 2.08 bits per heavy atom. The molecule has 0 unspecified atom stereocenters. The molecule has 25 heavy (non-hydrogen) atoms. The number of nitrogens with zero attached hydrogens (tertiary/aromatic N) is 3. The zero-order valence-corrected chi connectivity index (χ0v) is 15.1. The zero-order chi connectivity index (χ0) is 16.6. The standard InChI is InChI=1S/C19H16N4S2/c1-2-6-17-15(5-1)22-18(25-17)21-14-7-8-16-13(12-14)4-3-10-23(16)19-20-9-11-24-19/h1-2,5-9,11-12H,3-4,10H2,(H,21,22). The Labute approximate surface area is 153 Å². The number of aromatic nitrogens is 2. The van der Waals surface area contributed by atoms with E-state index in [0.29, 0.717) is 0 Å². The monoisotopic (exact) mass is 364 g/mol. The van der Waals surface area contributed by atoms with Crippen LogP contribution in [0.5, 0.6) is 0 Å². The third-order valence-corrected chi connectivity index (χ3v) is 6.14. The molecule has 4 nitrogen and oxygen atoms in total. The number of fused-ring (bicyclic) bond motifs is 2. The van der Waals surface area contributed by atoms with Gasteiger partial charge in [-0.3, -0.25) is 0 Å². The topological polar surface area (TPSA) is 41.0 Å². The van der Waals surface area contributed by atoms with E-state index in [-0.39, 0.29) is 0 Å². The van der Waals surface area contributed by atoms with E-state index in [1.807, 2.05) is 17.6 Å². The van der Waals surface area contributed by atoms with Crippen molar-refractivity contribution in [2.45, 2.75) is 12.8 Å². The van der Waals surface area contributed by atoms with E-state index < -0.39 is 0 Å². The summed E-state index contributed by atoms with van der Waals surface area (Å²) in [5, 5.41) is 7.52. The van der Waals surface area contributed by atoms with Gasteiger partial charge in [0.05, 0.1) is 10.2 Å². The smallest absolute Gasteiger partial charge is 0.189 e. The van der Waals surface area contributed by atoms with Crippen molar-refractivity contribution in [1.82, 2.24) is 9.97 Å². The highest BCUT2D eigenvalue weighted by Gasteiger charge is 2.20. The van der Waals surface area contributed by atoms with Gasteiger partial charge in [0.1, 0.15) is 0 Å².